The van der Waals surface area contributed by atoms with E-state index < -0.39 is 17.8 Å². The molecule has 33 heavy (non-hydrogen) atoms. The predicted octanol–water partition coefficient (Wildman–Crippen LogP) is 5.08. The highest BCUT2D eigenvalue weighted by Crippen LogP contribution is 2.34. The largest absolute Gasteiger partial charge is 0.416 e. The maximum Gasteiger partial charge on any atom is 0.416 e. The molecule has 2 aromatic heterocycles. The van der Waals surface area contributed by atoms with E-state index in [4.69, 9.17) is 0 Å². The first-order valence-electron chi connectivity index (χ1n) is 10.0. The quantitative estimate of drug-likeness (QED) is 0.390. The molecule has 0 spiro atoms. The van der Waals surface area contributed by atoms with E-state index in [1.165, 1.54) is 18.5 Å². The first-order chi connectivity index (χ1) is 15.8. The van der Waals surface area contributed by atoms with E-state index in [-0.39, 0.29) is 17.7 Å². The van der Waals surface area contributed by atoms with Gasteiger partial charge in [0.05, 0.1) is 5.56 Å². The van der Waals surface area contributed by atoms with Crippen molar-refractivity contribution in [3.8, 4) is 5.69 Å². The number of anilines is 3. The lowest BCUT2D eigenvalue weighted by atomic mass is 10.0. The summed E-state index contributed by atoms with van der Waals surface area (Å²) in [6.07, 6.45) is -1.20. The van der Waals surface area contributed by atoms with Crippen LogP contribution in [0.5, 0.6) is 0 Å². The molecule has 170 valence electrons. The number of carbonyl (C=O) groups is 1. The zero-order valence-electron chi connectivity index (χ0n) is 17.7. The SMILES string of the molecule is CCc1ccc(NC(=O)Nc2ccc(-n3cnc4c(NC)ncnc43)cc2)cc1C(F)(F)F. The van der Waals surface area contributed by atoms with Crippen LogP contribution in [0.15, 0.2) is 55.1 Å². The number of nitrogens with zero attached hydrogens (tertiary/aromatic N) is 4. The smallest absolute Gasteiger partial charge is 0.371 e. The number of amides is 2. The van der Waals surface area contributed by atoms with Gasteiger partial charge in [0.25, 0.3) is 0 Å². The predicted molar refractivity (Wildman–Crippen MR) is 120 cm³/mol. The average Bonchev–Trinajstić information content (AvgIpc) is 3.23. The van der Waals surface area contributed by atoms with Gasteiger partial charge in [-0.25, -0.2) is 19.7 Å². The third-order valence-electron chi connectivity index (χ3n) is 5.03. The Bertz CT molecular complexity index is 1300. The molecule has 3 N–H and O–H groups in total. The summed E-state index contributed by atoms with van der Waals surface area (Å²) in [6.45, 7) is 1.65. The van der Waals surface area contributed by atoms with E-state index in [1.807, 2.05) is 0 Å². The molecular weight excluding hydrogens is 435 g/mol. The van der Waals surface area contributed by atoms with Crippen molar-refractivity contribution in [3.63, 3.8) is 0 Å². The molecule has 0 atom stereocenters. The molecule has 0 saturated heterocycles. The molecule has 0 aliphatic heterocycles. The van der Waals surface area contributed by atoms with Gasteiger partial charge in [-0.2, -0.15) is 13.2 Å². The lowest BCUT2D eigenvalue weighted by Crippen LogP contribution is -2.20. The minimum atomic E-state index is -4.49. The van der Waals surface area contributed by atoms with Crippen LogP contribution in [0.1, 0.15) is 18.1 Å². The second-order valence-corrected chi connectivity index (χ2v) is 7.11. The molecule has 8 nitrogen and oxygen atoms in total. The summed E-state index contributed by atoms with van der Waals surface area (Å²) >= 11 is 0. The third-order valence-corrected chi connectivity index (χ3v) is 5.03. The van der Waals surface area contributed by atoms with Crippen molar-refractivity contribution < 1.29 is 18.0 Å². The number of nitrogens with one attached hydrogen (secondary N) is 3. The van der Waals surface area contributed by atoms with Crippen LogP contribution >= 0.6 is 0 Å². The van der Waals surface area contributed by atoms with E-state index in [9.17, 15) is 18.0 Å². The van der Waals surface area contributed by atoms with Gasteiger partial charge in [-0.1, -0.05) is 13.0 Å². The van der Waals surface area contributed by atoms with Gasteiger partial charge < -0.3 is 16.0 Å². The fourth-order valence-electron chi connectivity index (χ4n) is 3.43. The highest BCUT2D eigenvalue weighted by Gasteiger charge is 2.33. The summed E-state index contributed by atoms with van der Waals surface area (Å²) < 4.78 is 41.5. The van der Waals surface area contributed by atoms with Gasteiger partial charge in [-0.3, -0.25) is 4.57 Å². The molecule has 0 unspecified atom stereocenters. The molecule has 11 heteroatoms. The molecule has 0 radical (unpaired) electrons. The Balaban J connectivity index is 1.48. The van der Waals surface area contributed by atoms with Crippen molar-refractivity contribution in [2.75, 3.05) is 23.0 Å². The van der Waals surface area contributed by atoms with Gasteiger partial charge >= 0.3 is 12.2 Å². The lowest BCUT2D eigenvalue weighted by molar-refractivity contribution is -0.138. The van der Waals surface area contributed by atoms with E-state index in [0.717, 1.165) is 11.8 Å². The number of rotatable bonds is 5. The molecule has 0 fully saturated rings. The molecule has 4 aromatic rings. The lowest BCUT2D eigenvalue weighted by Gasteiger charge is -2.14. The van der Waals surface area contributed by atoms with E-state index in [0.29, 0.717) is 22.7 Å². The van der Waals surface area contributed by atoms with Crippen LogP contribution in [0.3, 0.4) is 0 Å². The number of hydrogen-bond acceptors (Lipinski definition) is 5. The van der Waals surface area contributed by atoms with Crippen LogP contribution in [0.4, 0.5) is 35.2 Å². The first kappa shape index (κ1) is 22.1. The topological polar surface area (TPSA) is 96.8 Å². The van der Waals surface area contributed by atoms with E-state index in [2.05, 4.69) is 30.9 Å². The molecule has 0 aliphatic carbocycles. The number of urea groups is 1. The Kier molecular flexibility index (Phi) is 5.86. The zero-order chi connectivity index (χ0) is 23.6. The number of aromatic nitrogens is 4. The fraction of sp³-hybridized carbons (Fsp3) is 0.182. The van der Waals surface area contributed by atoms with Gasteiger partial charge in [-0.15, -0.1) is 0 Å². The number of hydrogen-bond donors (Lipinski definition) is 3. The second kappa shape index (κ2) is 8.77. The van der Waals surface area contributed by atoms with Crippen LogP contribution < -0.4 is 16.0 Å². The Hall–Kier alpha value is -4.15. The standard InChI is InChI=1S/C22H20F3N7O/c1-3-13-4-5-15(10-17(13)22(23,24)25)31-21(33)30-14-6-8-16(9-7-14)32-12-29-18-19(26-2)27-11-28-20(18)32/h4-12H,3H2,1-2H3,(H,26,27,28)(H2,30,31,33). The number of alkyl halides is 3. The number of imidazole rings is 1. The maximum absolute atomic E-state index is 13.2. The second-order valence-electron chi connectivity index (χ2n) is 7.11. The highest BCUT2D eigenvalue weighted by atomic mass is 19.4. The zero-order valence-corrected chi connectivity index (χ0v) is 17.7. The van der Waals surface area contributed by atoms with E-state index >= 15 is 0 Å². The molecule has 4 rings (SSSR count). The summed E-state index contributed by atoms with van der Waals surface area (Å²) in [4.78, 5) is 25.0. The van der Waals surface area contributed by atoms with E-state index in [1.54, 1.807) is 49.1 Å². The summed E-state index contributed by atoms with van der Waals surface area (Å²) in [5, 5.41) is 8.02. The molecular formula is C22H20F3N7O. The molecule has 0 bridgehead atoms. The van der Waals surface area contributed by atoms with Crippen LogP contribution in [-0.4, -0.2) is 32.6 Å². The van der Waals surface area contributed by atoms with Crippen molar-refractivity contribution in [2.45, 2.75) is 19.5 Å². The molecule has 2 heterocycles. The minimum Gasteiger partial charge on any atom is -0.371 e. The number of halogens is 3. The van der Waals surface area contributed by atoms with Crippen LogP contribution in [-0.2, 0) is 12.6 Å². The van der Waals surface area contributed by atoms with Crippen LogP contribution in [0.2, 0.25) is 0 Å². The van der Waals surface area contributed by atoms with Crippen molar-refractivity contribution >= 4 is 34.4 Å². The van der Waals surface area contributed by atoms with Crippen LogP contribution in [0.25, 0.3) is 16.9 Å². The Labute approximate surface area is 186 Å². The fourth-order valence-corrected chi connectivity index (χ4v) is 3.43. The van der Waals surface area contributed by atoms with Gasteiger partial charge in [0.1, 0.15) is 12.7 Å². The third kappa shape index (κ3) is 4.56. The van der Waals surface area contributed by atoms with Gasteiger partial charge in [0, 0.05) is 24.1 Å². The van der Waals surface area contributed by atoms with Gasteiger partial charge in [0.2, 0.25) is 0 Å². The number of fused-ring (bicyclic) bond motifs is 1. The van der Waals surface area contributed by atoms with Crippen molar-refractivity contribution in [3.05, 3.63) is 66.2 Å². The molecule has 0 aliphatic rings. The van der Waals surface area contributed by atoms with Crippen molar-refractivity contribution in [1.29, 1.82) is 0 Å². The highest BCUT2D eigenvalue weighted by molar-refractivity contribution is 5.99. The summed E-state index contributed by atoms with van der Waals surface area (Å²) in [6, 6.07) is 9.95. The summed E-state index contributed by atoms with van der Waals surface area (Å²) in [7, 11) is 1.74. The van der Waals surface area contributed by atoms with Crippen molar-refractivity contribution in [2.24, 2.45) is 0 Å². The number of aryl methyl sites for hydroxylation is 1. The number of carbonyl (C=O) groups excluding carboxylic acids is 1. The summed E-state index contributed by atoms with van der Waals surface area (Å²) in [5.74, 6) is 0.606. The minimum absolute atomic E-state index is 0.0542. The van der Waals surface area contributed by atoms with Crippen molar-refractivity contribution in [1.82, 2.24) is 19.5 Å². The van der Waals surface area contributed by atoms with Gasteiger partial charge in [0.15, 0.2) is 17.0 Å². The molecule has 0 saturated carbocycles. The monoisotopic (exact) mass is 455 g/mol. The first-order valence-corrected chi connectivity index (χ1v) is 10.0. The van der Waals surface area contributed by atoms with Crippen LogP contribution in [0, 0.1) is 0 Å². The normalized spacial score (nSPS) is 11.4. The average molecular weight is 455 g/mol. The van der Waals surface area contributed by atoms with Gasteiger partial charge in [-0.05, 0) is 48.4 Å². The Morgan fingerprint density at radius 2 is 1.70 bits per heavy atom. The molecule has 2 amide bonds. The number of benzene rings is 2. The Morgan fingerprint density at radius 3 is 2.36 bits per heavy atom. The maximum atomic E-state index is 13.2. The molecule has 2 aromatic carbocycles. The Morgan fingerprint density at radius 1 is 1.00 bits per heavy atom. The summed E-state index contributed by atoms with van der Waals surface area (Å²) in [5.41, 5.74) is 1.92.